The first-order valence-electron chi connectivity index (χ1n) is 6.49. The highest BCUT2D eigenvalue weighted by molar-refractivity contribution is 5.93. The van der Waals surface area contributed by atoms with Gasteiger partial charge in [0, 0.05) is 30.7 Å². The van der Waals surface area contributed by atoms with Gasteiger partial charge in [-0.3, -0.25) is 14.8 Å². The van der Waals surface area contributed by atoms with Crippen molar-refractivity contribution in [1.82, 2.24) is 15.3 Å². The molecule has 0 radical (unpaired) electrons. The molecule has 21 heavy (non-hydrogen) atoms. The summed E-state index contributed by atoms with van der Waals surface area (Å²) in [6, 6.07) is 9.21. The summed E-state index contributed by atoms with van der Waals surface area (Å²) in [5.74, 6) is -0.176. The molecule has 0 aliphatic carbocycles. The zero-order valence-electron chi connectivity index (χ0n) is 11.2. The van der Waals surface area contributed by atoms with Crippen LogP contribution in [0, 0.1) is 0 Å². The predicted molar refractivity (Wildman–Crippen MR) is 77.3 cm³/mol. The molecule has 0 bridgehead atoms. The van der Waals surface area contributed by atoms with Gasteiger partial charge in [0.1, 0.15) is 6.26 Å². The molecule has 0 aliphatic heterocycles. The van der Waals surface area contributed by atoms with Gasteiger partial charge in [0.05, 0.1) is 17.5 Å². The van der Waals surface area contributed by atoms with Crippen LogP contribution in [0.5, 0.6) is 0 Å². The summed E-state index contributed by atoms with van der Waals surface area (Å²) < 4.78 is 4.90. The van der Waals surface area contributed by atoms with Gasteiger partial charge in [0.25, 0.3) is 5.91 Å². The molecule has 3 rings (SSSR count). The van der Waals surface area contributed by atoms with Gasteiger partial charge in [-0.1, -0.05) is 6.07 Å². The van der Waals surface area contributed by atoms with Crippen molar-refractivity contribution in [3.63, 3.8) is 0 Å². The Morgan fingerprint density at radius 2 is 2.10 bits per heavy atom. The lowest BCUT2D eigenvalue weighted by Crippen LogP contribution is -2.22. The SMILES string of the molecule is O=C(NCc1cccnc1-c1cccnc1)c1ccoc1. The Labute approximate surface area is 121 Å². The minimum Gasteiger partial charge on any atom is -0.472 e. The number of carbonyl (C=O) groups is 1. The van der Waals surface area contributed by atoms with Crippen molar-refractivity contribution in [2.24, 2.45) is 0 Å². The molecule has 5 heteroatoms. The Morgan fingerprint density at radius 3 is 2.86 bits per heavy atom. The lowest BCUT2D eigenvalue weighted by molar-refractivity contribution is 0.0950. The van der Waals surface area contributed by atoms with Crippen LogP contribution in [-0.4, -0.2) is 15.9 Å². The molecule has 3 aromatic heterocycles. The van der Waals surface area contributed by atoms with Crippen molar-refractivity contribution < 1.29 is 9.21 Å². The standard InChI is InChI=1S/C16H13N3O2/c20-16(14-5-8-21-11-14)19-10-13-4-2-7-18-15(13)12-3-1-6-17-9-12/h1-9,11H,10H2,(H,19,20). The molecule has 0 unspecified atom stereocenters. The van der Waals surface area contributed by atoms with Gasteiger partial charge < -0.3 is 9.73 Å². The predicted octanol–water partition coefficient (Wildman–Crippen LogP) is 2.67. The number of amides is 1. The van der Waals surface area contributed by atoms with E-state index in [9.17, 15) is 4.79 Å². The molecule has 5 nitrogen and oxygen atoms in total. The number of aromatic nitrogens is 2. The Hall–Kier alpha value is -2.95. The van der Waals surface area contributed by atoms with Gasteiger partial charge in [0.2, 0.25) is 0 Å². The topological polar surface area (TPSA) is 68.0 Å². The van der Waals surface area contributed by atoms with Gasteiger partial charge in [-0.05, 0) is 29.8 Å². The summed E-state index contributed by atoms with van der Waals surface area (Å²) >= 11 is 0. The molecule has 0 saturated carbocycles. The second kappa shape index (κ2) is 6.00. The highest BCUT2D eigenvalue weighted by Gasteiger charge is 2.10. The van der Waals surface area contributed by atoms with E-state index in [-0.39, 0.29) is 5.91 Å². The molecule has 104 valence electrons. The van der Waals surface area contributed by atoms with Crippen LogP contribution < -0.4 is 5.32 Å². The Bertz CT molecular complexity index is 724. The van der Waals surface area contributed by atoms with E-state index < -0.39 is 0 Å². The molecule has 0 aliphatic rings. The third-order valence-corrected chi connectivity index (χ3v) is 3.05. The smallest absolute Gasteiger partial charge is 0.254 e. The highest BCUT2D eigenvalue weighted by atomic mass is 16.3. The van der Waals surface area contributed by atoms with Crippen molar-refractivity contribution >= 4 is 5.91 Å². The number of rotatable bonds is 4. The second-order valence-corrected chi connectivity index (χ2v) is 4.45. The van der Waals surface area contributed by atoms with Gasteiger partial charge in [-0.2, -0.15) is 0 Å². The maximum atomic E-state index is 11.9. The summed E-state index contributed by atoms with van der Waals surface area (Å²) in [7, 11) is 0. The van der Waals surface area contributed by atoms with Gasteiger partial charge in [-0.15, -0.1) is 0 Å². The van der Waals surface area contributed by atoms with Crippen molar-refractivity contribution in [1.29, 1.82) is 0 Å². The summed E-state index contributed by atoms with van der Waals surface area (Å²) in [4.78, 5) is 20.4. The molecular formula is C16H13N3O2. The van der Waals surface area contributed by atoms with Crippen molar-refractivity contribution in [3.05, 3.63) is 72.6 Å². The van der Waals surface area contributed by atoms with Gasteiger partial charge in [-0.25, -0.2) is 0 Å². The number of nitrogens with one attached hydrogen (secondary N) is 1. The van der Waals surface area contributed by atoms with Crippen molar-refractivity contribution in [2.45, 2.75) is 6.54 Å². The maximum absolute atomic E-state index is 11.9. The number of carbonyl (C=O) groups excluding carboxylic acids is 1. The lowest BCUT2D eigenvalue weighted by Gasteiger charge is -2.09. The van der Waals surface area contributed by atoms with Gasteiger partial charge >= 0.3 is 0 Å². The quantitative estimate of drug-likeness (QED) is 0.797. The summed E-state index contributed by atoms with van der Waals surface area (Å²) in [5, 5.41) is 2.85. The van der Waals surface area contributed by atoms with Gasteiger partial charge in [0.15, 0.2) is 0 Å². The summed E-state index contributed by atoms with van der Waals surface area (Å²) in [5.41, 5.74) is 3.17. The Morgan fingerprint density at radius 1 is 1.19 bits per heavy atom. The number of furan rings is 1. The fourth-order valence-electron chi connectivity index (χ4n) is 2.02. The molecule has 1 N–H and O–H groups in total. The highest BCUT2D eigenvalue weighted by Crippen LogP contribution is 2.19. The molecular weight excluding hydrogens is 266 g/mol. The Balaban J connectivity index is 1.79. The largest absolute Gasteiger partial charge is 0.472 e. The average molecular weight is 279 g/mol. The van der Waals surface area contributed by atoms with E-state index >= 15 is 0 Å². The van der Waals surface area contributed by atoms with Crippen LogP contribution in [0.25, 0.3) is 11.3 Å². The fraction of sp³-hybridized carbons (Fsp3) is 0.0625. The fourth-order valence-corrected chi connectivity index (χ4v) is 2.02. The first-order valence-corrected chi connectivity index (χ1v) is 6.49. The monoisotopic (exact) mass is 279 g/mol. The number of hydrogen-bond donors (Lipinski definition) is 1. The van der Waals surface area contributed by atoms with E-state index in [1.165, 1.54) is 12.5 Å². The van der Waals surface area contributed by atoms with Crippen LogP contribution in [-0.2, 0) is 6.54 Å². The second-order valence-electron chi connectivity index (χ2n) is 4.45. The molecule has 0 fully saturated rings. The normalized spacial score (nSPS) is 10.3. The number of nitrogens with zero attached hydrogens (tertiary/aromatic N) is 2. The minimum absolute atomic E-state index is 0.176. The zero-order chi connectivity index (χ0) is 14.5. The molecule has 0 saturated heterocycles. The molecule has 0 spiro atoms. The molecule has 3 aromatic rings. The molecule has 1 amide bonds. The van der Waals surface area contributed by atoms with Crippen LogP contribution in [0.3, 0.4) is 0 Å². The molecule has 3 heterocycles. The van der Waals surface area contributed by atoms with E-state index in [4.69, 9.17) is 4.42 Å². The third-order valence-electron chi connectivity index (χ3n) is 3.05. The average Bonchev–Trinajstić information content (AvgIpc) is 3.08. The maximum Gasteiger partial charge on any atom is 0.254 e. The van der Waals surface area contributed by atoms with E-state index in [0.29, 0.717) is 12.1 Å². The van der Waals surface area contributed by atoms with E-state index in [0.717, 1.165) is 16.8 Å². The van der Waals surface area contributed by atoms with E-state index in [1.807, 2.05) is 24.3 Å². The zero-order valence-corrected chi connectivity index (χ0v) is 11.2. The first kappa shape index (κ1) is 13.1. The first-order chi connectivity index (χ1) is 10.3. The van der Waals surface area contributed by atoms with Crippen LogP contribution in [0.1, 0.15) is 15.9 Å². The molecule has 0 atom stereocenters. The molecule has 0 aromatic carbocycles. The van der Waals surface area contributed by atoms with Crippen molar-refractivity contribution in [2.75, 3.05) is 0 Å². The van der Waals surface area contributed by atoms with Crippen LogP contribution in [0.2, 0.25) is 0 Å². The Kier molecular flexibility index (Phi) is 3.73. The van der Waals surface area contributed by atoms with Crippen LogP contribution in [0.15, 0.2) is 65.9 Å². The lowest BCUT2D eigenvalue weighted by atomic mass is 10.1. The number of pyridine rings is 2. The summed E-state index contributed by atoms with van der Waals surface area (Å²) in [6.45, 7) is 0.391. The third kappa shape index (κ3) is 2.97. The van der Waals surface area contributed by atoms with Crippen LogP contribution >= 0.6 is 0 Å². The minimum atomic E-state index is -0.176. The van der Waals surface area contributed by atoms with E-state index in [2.05, 4.69) is 15.3 Å². The van der Waals surface area contributed by atoms with E-state index in [1.54, 1.807) is 24.7 Å². The van der Waals surface area contributed by atoms with Crippen LogP contribution in [0.4, 0.5) is 0 Å². The number of hydrogen-bond acceptors (Lipinski definition) is 4. The van der Waals surface area contributed by atoms with Crippen molar-refractivity contribution in [3.8, 4) is 11.3 Å². The summed E-state index contributed by atoms with van der Waals surface area (Å²) in [6.07, 6.45) is 8.08.